The average Bonchev–Trinajstić information content (AvgIpc) is 2.68. The summed E-state index contributed by atoms with van der Waals surface area (Å²) in [5.74, 6) is 0.517. The molecule has 0 N–H and O–H groups in total. The summed E-state index contributed by atoms with van der Waals surface area (Å²) in [6.45, 7) is 6.40. The van der Waals surface area contributed by atoms with Crippen LogP contribution in [-0.2, 0) is 0 Å². The zero-order valence-electron chi connectivity index (χ0n) is 16.2. The average molecular weight is 356 g/mol. The number of hydrogen-bond donors (Lipinski definition) is 0. The van der Waals surface area contributed by atoms with Gasteiger partial charge in [-0.1, -0.05) is 24.3 Å². The van der Waals surface area contributed by atoms with Crippen LogP contribution in [0.5, 0.6) is 0 Å². The maximum atomic E-state index is 9.11. The molecule has 136 valence electrons. The summed E-state index contributed by atoms with van der Waals surface area (Å²) in [4.78, 5) is 2.40. The smallest absolute Gasteiger partial charge is 0.0991 e. The van der Waals surface area contributed by atoms with Gasteiger partial charge in [0.25, 0.3) is 0 Å². The van der Waals surface area contributed by atoms with Crippen LogP contribution < -0.4 is 0 Å². The first-order valence-electron chi connectivity index (χ1n) is 9.54. The van der Waals surface area contributed by atoms with Gasteiger partial charge in [0.05, 0.1) is 22.8 Å². The fourth-order valence-corrected chi connectivity index (χ4v) is 4.28. The van der Waals surface area contributed by atoms with E-state index in [1.54, 1.807) is 0 Å². The van der Waals surface area contributed by atoms with Crippen molar-refractivity contribution >= 4 is 10.9 Å². The van der Waals surface area contributed by atoms with Gasteiger partial charge in [-0.05, 0) is 75.0 Å². The van der Waals surface area contributed by atoms with Crippen LogP contribution in [0.25, 0.3) is 22.2 Å². The molecule has 0 bridgehead atoms. The lowest BCUT2D eigenvalue weighted by Gasteiger charge is -2.30. The summed E-state index contributed by atoms with van der Waals surface area (Å²) in [5.41, 5.74) is 7.18. The lowest BCUT2D eigenvalue weighted by molar-refractivity contribution is 0.251. The second kappa shape index (κ2) is 7.09. The van der Waals surface area contributed by atoms with E-state index in [-0.39, 0.29) is 0 Å². The van der Waals surface area contributed by atoms with Crippen LogP contribution in [0.3, 0.4) is 0 Å². The van der Waals surface area contributed by atoms with E-state index in [1.807, 2.05) is 25.1 Å². The minimum Gasteiger partial charge on any atom is -0.306 e. The molecule has 0 aliphatic carbocycles. The Morgan fingerprint density at radius 3 is 2.74 bits per heavy atom. The van der Waals surface area contributed by atoms with Gasteiger partial charge in [0.2, 0.25) is 0 Å². The Bertz CT molecular complexity index is 1050. The molecule has 0 amide bonds. The molecule has 0 spiro atoms. The molecule has 4 nitrogen and oxygen atoms in total. The van der Waals surface area contributed by atoms with Crippen molar-refractivity contribution in [3.8, 4) is 17.3 Å². The van der Waals surface area contributed by atoms with Crippen LogP contribution in [0.15, 0.2) is 36.4 Å². The Morgan fingerprint density at radius 1 is 1.15 bits per heavy atom. The predicted molar refractivity (Wildman–Crippen MR) is 109 cm³/mol. The van der Waals surface area contributed by atoms with Crippen molar-refractivity contribution < 1.29 is 0 Å². The molecule has 27 heavy (non-hydrogen) atoms. The van der Waals surface area contributed by atoms with Gasteiger partial charge in [0, 0.05) is 17.5 Å². The minimum atomic E-state index is 0.517. The van der Waals surface area contributed by atoms with Gasteiger partial charge in [0.15, 0.2) is 0 Å². The molecule has 1 aromatic heterocycles. The van der Waals surface area contributed by atoms with Gasteiger partial charge in [-0.3, -0.25) is 0 Å². The number of aromatic nitrogens is 2. The molecule has 3 aromatic rings. The van der Waals surface area contributed by atoms with Gasteiger partial charge >= 0.3 is 0 Å². The summed E-state index contributed by atoms with van der Waals surface area (Å²) >= 11 is 0. The first kappa shape index (κ1) is 17.6. The van der Waals surface area contributed by atoms with E-state index in [1.165, 1.54) is 30.3 Å². The van der Waals surface area contributed by atoms with Crippen LogP contribution in [0.2, 0.25) is 0 Å². The number of aryl methyl sites for hydroxylation is 2. The zero-order valence-corrected chi connectivity index (χ0v) is 16.2. The number of likely N-dealkylation sites (N-methyl/N-ethyl adjacent to an activating group) is 1. The molecule has 1 atom stereocenters. The topological polar surface area (TPSA) is 52.8 Å². The van der Waals surface area contributed by atoms with E-state index in [0.717, 1.165) is 34.4 Å². The highest BCUT2D eigenvalue weighted by Gasteiger charge is 2.22. The first-order chi connectivity index (χ1) is 13.1. The molecule has 1 fully saturated rings. The molecule has 2 heterocycles. The number of piperidine rings is 1. The Morgan fingerprint density at radius 2 is 2.00 bits per heavy atom. The molecule has 0 saturated carbocycles. The maximum Gasteiger partial charge on any atom is 0.0991 e. The molecule has 0 radical (unpaired) electrons. The van der Waals surface area contributed by atoms with Crippen molar-refractivity contribution in [1.29, 1.82) is 5.26 Å². The maximum absolute atomic E-state index is 9.11. The highest BCUT2D eigenvalue weighted by Crippen LogP contribution is 2.34. The van der Waals surface area contributed by atoms with Crippen molar-refractivity contribution in [3.05, 3.63) is 58.7 Å². The Labute approximate surface area is 160 Å². The number of hydrogen-bond acceptors (Lipinski definition) is 4. The number of fused-ring (bicyclic) bond motifs is 1. The number of nitrogens with zero attached hydrogens (tertiary/aromatic N) is 4. The minimum absolute atomic E-state index is 0.517. The van der Waals surface area contributed by atoms with Crippen molar-refractivity contribution in [2.75, 3.05) is 20.1 Å². The Hall–Kier alpha value is -2.77. The molecule has 2 aromatic carbocycles. The number of likely N-dealkylation sites (tertiary alicyclic amines) is 1. The number of rotatable bonds is 2. The van der Waals surface area contributed by atoms with E-state index in [4.69, 9.17) is 5.26 Å². The van der Waals surface area contributed by atoms with Gasteiger partial charge in [-0.2, -0.15) is 5.26 Å². The summed E-state index contributed by atoms with van der Waals surface area (Å²) < 4.78 is 0. The lowest BCUT2D eigenvalue weighted by Crippen LogP contribution is -2.31. The number of benzene rings is 2. The third-order valence-corrected chi connectivity index (χ3v) is 5.75. The van der Waals surface area contributed by atoms with Crippen molar-refractivity contribution in [3.63, 3.8) is 0 Å². The van der Waals surface area contributed by atoms with Crippen LogP contribution in [0, 0.1) is 25.2 Å². The fraction of sp³-hybridized carbons (Fsp3) is 0.348. The zero-order chi connectivity index (χ0) is 19.0. The molecule has 1 saturated heterocycles. The van der Waals surface area contributed by atoms with Gasteiger partial charge in [-0.25, -0.2) is 0 Å². The largest absolute Gasteiger partial charge is 0.306 e. The monoisotopic (exact) mass is 356 g/mol. The standard InChI is InChI=1S/C23H24N4/c1-15-12-17(13-24)9-10-19(15)22-16(2)20-7-4-8-21(23(20)26-25-22)18-6-5-11-27(3)14-18/h4,7-10,12,18H,5-6,11,14H2,1-3H3. The SMILES string of the molecule is Cc1cc(C#N)ccc1-c1nnc2c(C3CCCN(C)C3)cccc2c1C. The molecule has 4 heteroatoms. The normalized spacial score (nSPS) is 17.8. The summed E-state index contributed by atoms with van der Waals surface area (Å²) in [6, 6.07) is 14.5. The second-order valence-electron chi connectivity index (χ2n) is 7.66. The van der Waals surface area contributed by atoms with Crippen LogP contribution in [0.1, 0.15) is 41.0 Å². The van der Waals surface area contributed by atoms with E-state index in [0.29, 0.717) is 11.5 Å². The quantitative estimate of drug-likeness (QED) is 0.674. The molecule has 1 unspecified atom stereocenters. The molecular weight excluding hydrogens is 332 g/mol. The highest BCUT2D eigenvalue weighted by atomic mass is 15.1. The van der Waals surface area contributed by atoms with E-state index in [2.05, 4.69) is 53.3 Å². The Kier molecular flexibility index (Phi) is 4.63. The van der Waals surface area contributed by atoms with Crippen molar-refractivity contribution in [2.45, 2.75) is 32.6 Å². The third-order valence-electron chi connectivity index (χ3n) is 5.75. The van der Waals surface area contributed by atoms with Crippen molar-refractivity contribution in [2.24, 2.45) is 0 Å². The van der Waals surface area contributed by atoms with E-state index >= 15 is 0 Å². The summed E-state index contributed by atoms with van der Waals surface area (Å²) in [6.07, 6.45) is 2.44. The number of nitriles is 1. The highest BCUT2D eigenvalue weighted by molar-refractivity contribution is 5.89. The van der Waals surface area contributed by atoms with E-state index in [9.17, 15) is 0 Å². The molecule has 1 aliphatic heterocycles. The second-order valence-corrected chi connectivity index (χ2v) is 7.66. The Balaban J connectivity index is 1.83. The predicted octanol–water partition coefficient (Wildman–Crippen LogP) is 4.59. The van der Waals surface area contributed by atoms with Gasteiger partial charge < -0.3 is 4.90 Å². The molecule has 4 rings (SSSR count). The van der Waals surface area contributed by atoms with Gasteiger partial charge in [0.1, 0.15) is 0 Å². The molecular formula is C23H24N4. The summed E-state index contributed by atoms with van der Waals surface area (Å²) in [5, 5.41) is 19.6. The van der Waals surface area contributed by atoms with Gasteiger partial charge in [-0.15, -0.1) is 10.2 Å². The lowest BCUT2D eigenvalue weighted by atomic mass is 9.88. The van der Waals surface area contributed by atoms with Crippen LogP contribution >= 0.6 is 0 Å². The third kappa shape index (κ3) is 3.20. The van der Waals surface area contributed by atoms with Crippen molar-refractivity contribution in [1.82, 2.24) is 15.1 Å². The first-order valence-corrected chi connectivity index (χ1v) is 9.54. The molecule has 1 aliphatic rings. The van der Waals surface area contributed by atoms with Crippen LogP contribution in [0.4, 0.5) is 0 Å². The van der Waals surface area contributed by atoms with E-state index < -0.39 is 0 Å². The fourth-order valence-electron chi connectivity index (χ4n) is 4.28. The summed E-state index contributed by atoms with van der Waals surface area (Å²) in [7, 11) is 2.19. The van der Waals surface area contributed by atoms with Crippen LogP contribution in [-0.4, -0.2) is 35.2 Å².